The lowest BCUT2D eigenvalue weighted by Gasteiger charge is -1.96. The van der Waals surface area contributed by atoms with Crippen LogP contribution in [0, 0.1) is 0 Å². The fourth-order valence-corrected chi connectivity index (χ4v) is 1.52. The van der Waals surface area contributed by atoms with Gasteiger partial charge in [0.1, 0.15) is 0 Å². The van der Waals surface area contributed by atoms with Gasteiger partial charge in [0.05, 0.1) is 12.4 Å². The first-order valence-corrected chi connectivity index (χ1v) is 4.32. The van der Waals surface area contributed by atoms with Gasteiger partial charge in [0.15, 0.2) is 0 Å². The first kappa shape index (κ1) is 7.36. The van der Waals surface area contributed by atoms with Crippen molar-refractivity contribution < 1.29 is 0 Å². The minimum absolute atomic E-state index is 1.16. The largest absolute Gasteiger partial charge is 0.189 e. The maximum Gasteiger partial charge on any atom is 0.0704 e. The number of benzene rings is 1. The van der Waals surface area contributed by atoms with E-state index in [1.165, 1.54) is 11.9 Å². The van der Waals surface area contributed by atoms with Crippen molar-refractivity contribution in [1.29, 1.82) is 0 Å². The lowest BCUT2D eigenvalue weighted by atomic mass is 10.4. The predicted octanol–water partition coefficient (Wildman–Crippen LogP) is 1.83. The van der Waals surface area contributed by atoms with Crippen LogP contribution < -0.4 is 0 Å². The quantitative estimate of drug-likeness (QED) is 0.701. The summed E-state index contributed by atoms with van der Waals surface area (Å²) in [5.41, 5.74) is 0. The maximum absolute atomic E-state index is 3.84. The number of rotatable bonds is 2. The molecule has 0 bridgehead atoms. The minimum atomic E-state index is 1.16. The second-order valence-electron chi connectivity index (χ2n) is 2.21. The fourth-order valence-electron chi connectivity index (χ4n) is 0.835. The first-order chi connectivity index (χ1) is 5.95. The lowest BCUT2D eigenvalue weighted by molar-refractivity contribution is 0.889. The summed E-state index contributed by atoms with van der Waals surface area (Å²) in [7, 11) is 0. The molecule has 1 heterocycles. The summed E-state index contributed by atoms with van der Waals surface area (Å²) >= 11 is 1.54. The Kier molecular flexibility index (Phi) is 2.09. The molecule has 3 nitrogen and oxygen atoms in total. The van der Waals surface area contributed by atoms with E-state index in [2.05, 4.69) is 10.3 Å². The second kappa shape index (κ2) is 3.40. The third-order valence-corrected chi connectivity index (χ3v) is 2.21. The summed E-state index contributed by atoms with van der Waals surface area (Å²) in [6, 6.07) is 10.1. The van der Waals surface area contributed by atoms with Crippen molar-refractivity contribution in [1.82, 2.24) is 14.4 Å². The van der Waals surface area contributed by atoms with Gasteiger partial charge in [0, 0.05) is 16.8 Å². The Hall–Kier alpha value is -1.29. The van der Waals surface area contributed by atoms with Gasteiger partial charge in [-0.3, -0.25) is 0 Å². The highest BCUT2D eigenvalue weighted by Gasteiger charge is 1.93. The molecule has 0 radical (unpaired) electrons. The lowest BCUT2D eigenvalue weighted by Crippen LogP contribution is -1.86. The molecule has 12 heavy (non-hydrogen) atoms. The molecule has 4 heteroatoms. The highest BCUT2D eigenvalue weighted by Crippen LogP contribution is 2.16. The van der Waals surface area contributed by atoms with E-state index in [-0.39, 0.29) is 0 Å². The Bertz CT molecular complexity index is 330. The summed E-state index contributed by atoms with van der Waals surface area (Å²) in [6.45, 7) is 0. The molecule has 0 saturated heterocycles. The van der Waals surface area contributed by atoms with Gasteiger partial charge in [0.2, 0.25) is 0 Å². The molecule has 1 aromatic carbocycles. The Labute approximate surface area is 74.5 Å². The van der Waals surface area contributed by atoms with Gasteiger partial charge in [-0.15, -0.1) is 5.10 Å². The molecule has 0 aliphatic carbocycles. The van der Waals surface area contributed by atoms with Gasteiger partial charge in [-0.2, -0.15) is 4.09 Å². The van der Waals surface area contributed by atoms with Crippen LogP contribution >= 0.6 is 11.9 Å². The van der Waals surface area contributed by atoms with E-state index in [0.29, 0.717) is 0 Å². The third kappa shape index (κ3) is 1.65. The van der Waals surface area contributed by atoms with Gasteiger partial charge in [0.25, 0.3) is 0 Å². The number of hydrogen-bond acceptors (Lipinski definition) is 3. The second-order valence-corrected chi connectivity index (χ2v) is 3.24. The van der Waals surface area contributed by atoms with Crippen LogP contribution in [-0.4, -0.2) is 14.4 Å². The van der Waals surface area contributed by atoms with Crippen molar-refractivity contribution in [2.45, 2.75) is 4.90 Å². The van der Waals surface area contributed by atoms with E-state index in [1.807, 2.05) is 36.5 Å². The van der Waals surface area contributed by atoms with Crippen molar-refractivity contribution in [3.63, 3.8) is 0 Å². The average Bonchev–Trinajstić information content (AvgIpc) is 2.59. The Balaban J connectivity index is 2.15. The summed E-state index contributed by atoms with van der Waals surface area (Å²) < 4.78 is 1.72. The zero-order valence-corrected chi connectivity index (χ0v) is 7.11. The molecule has 2 aromatic rings. The van der Waals surface area contributed by atoms with E-state index in [9.17, 15) is 0 Å². The molecule has 1 aromatic heterocycles. The van der Waals surface area contributed by atoms with Crippen molar-refractivity contribution in [3.8, 4) is 0 Å². The number of aromatic nitrogens is 3. The van der Waals surface area contributed by atoms with Crippen LogP contribution in [-0.2, 0) is 0 Å². The van der Waals surface area contributed by atoms with Gasteiger partial charge < -0.3 is 0 Å². The van der Waals surface area contributed by atoms with Crippen LogP contribution in [0.2, 0.25) is 0 Å². The zero-order valence-electron chi connectivity index (χ0n) is 6.29. The summed E-state index contributed by atoms with van der Waals surface area (Å²) in [5.74, 6) is 0. The smallest absolute Gasteiger partial charge is 0.0704 e. The molecule has 0 N–H and O–H groups in total. The molecule has 0 atom stereocenters. The van der Waals surface area contributed by atoms with Crippen LogP contribution in [0.25, 0.3) is 0 Å². The van der Waals surface area contributed by atoms with Gasteiger partial charge in [-0.25, -0.2) is 0 Å². The zero-order chi connectivity index (χ0) is 8.23. The Morgan fingerprint density at radius 1 is 1.17 bits per heavy atom. The molecule has 0 saturated carbocycles. The van der Waals surface area contributed by atoms with Crippen molar-refractivity contribution in [2.24, 2.45) is 0 Å². The predicted molar refractivity (Wildman–Crippen MR) is 47.7 cm³/mol. The summed E-state index contributed by atoms with van der Waals surface area (Å²) in [5, 5.41) is 7.55. The standard InChI is InChI=1S/C8H7N3S/c1-2-4-8(5-3-1)12-11-7-6-9-10-11/h1-7H. The van der Waals surface area contributed by atoms with E-state index >= 15 is 0 Å². The van der Waals surface area contributed by atoms with Gasteiger partial charge in [-0.05, 0) is 12.1 Å². The van der Waals surface area contributed by atoms with E-state index in [1.54, 1.807) is 10.3 Å². The molecule has 0 unspecified atom stereocenters. The highest BCUT2D eigenvalue weighted by atomic mass is 32.2. The monoisotopic (exact) mass is 177 g/mol. The summed E-state index contributed by atoms with van der Waals surface area (Å²) in [4.78, 5) is 1.16. The van der Waals surface area contributed by atoms with E-state index in [0.717, 1.165) is 4.90 Å². The van der Waals surface area contributed by atoms with Gasteiger partial charge >= 0.3 is 0 Å². The highest BCUT2D eigenvalue weighted by molar-refractivity contribution is 7.97. The normalized spacial score (nSPS) is 10.0. The molecule has 60 valence electrons. The summed E-state index contributed by atoms with van der Waals surface area (Å²) in [6.07, 6.45) is 3.48. The SMILES string of the molecule is c1ccc(Sn2ccnn2)cc1. The fraction of sp³-hybridized carbons (Fsp3) is 0. The molecule has 0 aliphatic heterocycles. The molecule has 0 fully saturated rings. The van der Waals surface area contributed by atoms with Gasteiger partial charge in [-0.1, -0.05) is 23.4 Å². The third-order valence-electron chi connectivity index (χ3n) is 1.34. The topological polar surface area (TPSA) is 30.7 Å². The van der Waals surface area contributed by atoms with E-state index < -0.39 is 0 Å². The molecule has 0 aliphatic rings. The molecule has 0 spiro atoms. The van der Waals surface area contributed by atoms with Crippen LogP contribution in [0.4, 0.5) is 0 Å². The van der Waals surface area contributed by atoms with Crippen LogP contribution in [0.3, 0.4) is 0 Å². The Morgan fingerprint density at radius 3 is 2.67 bits per heavy atom. The van der Waals surface area contributed by atoms with Crippen molar-refractivity contribution in [3.05, 3.63) is 42.7 Å². The number of nitrogens with zero attached hydrogens (tertiary/aromatic N) is 3. The molecule has 0 amide bonds. The number of hydrogen-bond donors (Lipinski definition) is 0. The maximum atomic E-state index is 3.84. The molecule has 2 rings (SSSR count). The molecular weight excluding hydrogens is 170 g/mol. The van der Waals surface area contributed by atoms with Crippen LogP contribution in [0.15, 0.2) is 47.6 Å². The van der Waals surface area contributed by atoms with Crippen LogP contribution in [0.1, 0.15) is 0 Å². The van der Waals surface area contributed by atoms with Crippen molar-refractivity contribution in [2.75, 3.05) is 0 Å². The minimum Gasteiger partial charge on any atom is -0.189 e. The molecular formula is C8H7N3S. The van der Waals surface area contributed by atoms with Crippen molar-refractivity contribution >= 4 is 11.9 Å². The Morgan fingerprint density at radius 2 is 2.00 bits per heavy atom. The first-order valence-electron chi connectivity index (χ1n) is 3.55. The van der Waals surface area contributed by atoms with Crippen LogP contribution in [0.5, 0.6) is 0 Å². The average molecular weight is 177 g/mol. The van der Waals surface area contributed by atoms with E-state index in [4.69, 9.17) is 0 Å².